The predicted octanol–water partition coefficient (Wildman–Crippen LogP) is 4.93. The van der Waals surface area contributed by atoms with Crippen LogP contribution in [0.3, 0.4) is 0 Å². The molecule has 1 amide bonds. The molecule has 1 aromatic heterocycles. The van der Waals surface area contributed by atoms with Gasteiger partial charge in [0, 0.05) is 55.8 Å². The van der Waals surface area contributed by atoms with Crippen molar-refractivity contribution in [3.63, 3.8) is 0 Å². The molecule has 1 saturated heterocycles. The number of halogens is 1. The van der Waals surface area contributed by atoms with Crippen LogP contribution in [0.25, 0.3) is 0 Å². The maximum atomic E-state index is 14.2. The van der Waals surface area contributed by atoms with Crippen molar-refractivity contribution in [2.24, 2.45) is 5.92 Å². The summed E-state index contributed by atoms with van der Waals surface area (Å²) in [7, 11) is 0. The van der Waals surface area contributed by atoms with Crippen LogP contribution < -0.4 is 15.1 Å². The highest BCUT2D eigenvalue weighted by atomic mass is 32.2. The number of aromatic nitrogens is 2. The van der Waals surface area contributed by atoms with Crippen molar-refractivity contribution >= 4 is 29.2 Å². The SMILES string of the molecule is Cc1cc(N2CCN(c3ccccc3F)CC2)nc(SCc2ccc(C(=O)NCC(C)C)cc2)n1. The van der Waals surface area contributed by atoms with E-state index >= 15 is 0 Å². The molecule has 2 aromatic carbocycles. The summed E-state index contributed by atoms with van der Waals surface area (Å²) in [6, 6.07) is 16.6. The molecule has 35 heavy (non-hydrogen) atoms. The zero-order chi connectivity index (χ0) is 24.8. The monoisotopic (exact) mass is 493 g/mol. The van der Waals surface area contributed by atoms with E-state index in [1.807, 2.05) is 49.4 Å². The van der Waals surface area contributed by atoms with E-state index in [1.165, 1.54) is 6.07 Å². The Morgan fingerprint density at radius 1 is 1.03 bits per heavy atom. The number of carbonyl (C=O) groups is 1. The number of anilines is 2. The topological polar surface area (TPSA) is 61.4 Å². The molecule has 0 unspecified atom stereocenters. The molecule has 6 nitrogen and oxygen atoms in total. The number of benzene rings is 2. The van der Waals surface area contributed by atoms with Crippen LogP contribution >= 0.6 is 11.8 Å². The van der Waals surface area contributed by atoms with E-state index in [-0.39, 0.29) is 11.7 Å². The Labute approximate surface area is 211 Å². The van der Waals surface area contributed by atoms with Gasteiger partial charge in [0.25, 0.3) is 5.91 Å². The standard InChI is InChI=1S/C27H32FN5OS/c1-19(2)17-29-26(34)22-10-8-21(9-11-22)18-35-27-30-20(3)16-25(31-27)33-14-12-32(13-15-33)24-7-5-4-6-23(24)28/h4-11,16,19H,12-15,17-18H2,1-3H3,(H,29,34). The second-order valence-electron chi connectivity index (χ2n) is 9.17. The Morgan fingerprint density at radius 2 is 1.71 bits per heavy atom. The molecule has 1 aliphatic heterocycles. The second kappa shape index (κ2) is 11.5. The number of hydrogen-bond donors (Lipinski definition) is 1. The summed E-state index contributed by atoms with van der Waals surface area (Å²) in [4.78, 5) is 25.9. The van der Waals surface area contributed by atoms with Gasteiger partial charge in [0.2, 0.25) is 0 Å². The molecule has 1 N–H and O–H groups in total. The van der Waals surface area contributed by atoms with Crippen molar-refractivity contribution < 1.29 is 9.18 Å². The Hall–Kier alpha value is -3.13. The number of para-hydroxylation sites is 1. The van der Waals surface area contributed by atoms with Gasteiger partial charge in [-0.3, -0.25) is 4.79 Å². The Morgan fingerprint density at radius 3 is 2.40 bits per heavy atom. The van der Waals surface area contributed by atoms with E-state index in [9.17, 15) is 9.18 Å². The number of thioether (sulfide) groups is 1. The zero-order valence-electron chi connectivity index (χ0n) is 20.5. The number of hydrogen-bond acceptors (Lipinski definition) is 6. The summed E-state index contributed by atoms with van der Waals surface area (Å²) in [6.07, 6.45) is 0. The quantitative estimate of drug-likeness (QED) is 0.355. The molecule has 4 rings (SSSR count). The fourth-order valence-corrected chi connectivity index (χ4v) is 4.79. The highest BCUT2D eigenvalue weighted by Gasteiger charge is 2.21. The van der Waals surface area contributed by atoms with Crippen LogP contribution in [-0.2, 0) is 5.75 Å². The first-order valence-corrected chi connectivity index (χ1v) is 13.0. The van der Waals surface area contributed by atoms with Crippen molar-refractivity contribution in [3.8, 4) is 0 Å². The molecule has 3 aromatic rings. The lowest BCUT2D eigenvalue weighted by molar-refractivity contribution is 0.0949. The number of carbonyl (C=O) groups excluding carboxylic acids is 1. The molecule has 0 spiro atoms. The fourth-order valence-electron chi connectivity index (χ4n) is 3.94. The number of piperazine rings is 1. The van der Waals surface area contributed by atoms with Crippen LogP contribution in [0.15, 0.2) is 59.8 Å². The van der Waals surface area contributed by atoms with Crippen LogP contribution in [0.2, 0.25) is 0 Å². The third kappa shape index (κ3) is 6.72. The number of nitrogens with one attached hydrogen (secondary N) is 1. The van der Waals surface area contributed by atoms with Crippen molar-refractivity contribution in [1.29, 1.82) is 0 Å². The lowest BCUT2D eigenvalue weighted by Crippen LogP contribution is -2.47. The minimum absolute atomic E-state index is 0.0420. The summed E-state index contributed by atoms with van der Waals surface area (Å²) >= 11 is 1.58. The smallest absolute Gasteiger partial charge is 0.251 e. The van der Waals surface area contributed by atoms with Crippen LogP contribution in [0.5, 0.6) is 0 Å². The maximum Gasteiger partial charge on any atom is 0.251 e. The van der Waals surface area contributed by atoms with Crippen LogP contribution in [0.1, 0.15) is 35.5 Å². The molecule has 184 valence electrons. The lowest BCUT2D eigenvalue weighted by atomic mass is 10.1. The number of amides is 1. The molecule has 0 bridgehead atoms. The summed E-state index contributed by atoms with van der Waals surface area (Å²) in [6.45, 7) is 9.82. The zero-order valence-corrected chi connectivity index (χ0v) is 21.3. The Balaban J connectivity index is 1.34. The third-order valence-corrected chi connectivity index (χ3v) is 6.79. The Bertz CT molecular complexity index is 1150. The molecule has 8 heteroatoms. The largest absolute Gasteiger partial charge is 0.366 e. The van der Waals surface area contributed by atoms with Gasteiger partial charge < -0.3 is 15.1 Å². The van der Waals surface area contributed by atoms with Gasteiger partial charge in [-0.15, -0.1) is 0 Å². The number of rotatable bonds is 8. The van der Waals surface area contributed by atoms with Crippen molar-refractivity contribution in [3.05, 3.63) is 77.2 Å². The first kappa shape index (κ1) is 25.0. The molecule has 1 fully saturated rings. The number of aryl methyl sites for hydroxylation is 1. The minimum atomic E-state index is -0.179. The van der Waals surface area contributed by atoms with Gasteiger partial charge in [0.1, 0.15) is 11.6 Å². The van der Waals surface area contributed by atoms with Gasteiger partial charge in [-0.1, -0.05) is 49.9 Å². The maximum absolute atomic E-state index is 14.2. The molecular formula is C27H32FN5OS. The molecule has 0 radical (unpaired) electrons. The van der Waals surface area contributed by atoms with Crippen molar-refractivity contribution in [2.45, 2.75) is 31.7 Å². The molecule has 1 aliphatic rings. The van der Waals surface area contributed by atoms with Crippen LogP contribution in [0.4, 0.5) is 15.9 Å². The van der Waals surface area contributed by atoms with Crippen LogP contribution in [0, 0.1) is 18.7 Å². The van der Waals surface area contributed by atoms with E-state index in [4.69, 9.17) is 4.98 Å². The lowest BCUT2D eigenvalue weighted by Gasteiger charge is -2.37. The minimum Gasteiger partial charge on any atom is -0.366 e. The molecule has 0 saturated carbocycles. The normalized spacial score (nSPS) is 13.9. The highest BCUT2D eigenvalue weighted by molar-refractivity contribution is 7.98. The van der Waals surface area contributed by atoms with Crippen molar-refractivity contribution in [2.75, 3.05) is 42.5 Å². The van der Waals surface area contributed by atoms with Gasteiger partial charge in [-0.25, -0.2) is 14.4 Å². The van der Waals surface area contributed by atoms with Gasteiger partial charge in [0.05, 0.1) is 5.69 Å². The second-order valence-corrected chi connectivity index (χ2v) is 10.1. The van der Waals surface area contributed by atoms with Gasteiger partial charge in [-0.05, 0) is 42.7 Å². The molecule has 2 heterocycles. The van der Waals surface area contributed by atoms with E-state index in [2.05, 4.69) is 33.9 Å². The third-order valence-electron chi connectivity index (χ3n) is 5.87. The van der Waals surface area contributed by atoms with Gasteiger partial charge >= 0.3 is 0 Å². The van der Waals surface area contributed by atoms with Crippen LogP contribution in [-0.4, -0.2) is 48.6 Å². The summed E-state index contributed by atoms with van der Waals surface area (Å²) < 4.78 is 14.2. The average molecular weight is 494 g/mol. The first-order chi connectivity index (χ1) is 16.9. The van der Waals surface area contributed by atoms with Gasteiger partial charge in [0.15, 0.2) is 5.16 Å². The van der Waals surface area contributed by atoms with Crippen molar-refractivity contribution in [1.82, 2.24) is 15.3 Å². The highest BCUT2D eigenvalue weighted by Crippen LogP contribution is 2.25. The van der Waals surface area contributed by atoms with E-state index < -0.39 is 0 Å². The van der Waals surface area contributed by atoms with Gasteiger partial charge in [-0.2, -0.15) is 0 Å². The van der Waals surface area contributed by atoms with E-state index in [0.29, 0.717) is 23.7 Å². The molecular weight excluding hydrogens is 461 g/mol. The summed E-state index contributed by atoms with van der Waals surface area (Å²) in [5, 5.41) is 3.68. The van der Waals surface area contributed by atoms with E-state index in [1.54, 1.807) is 17.8 Å². The molecule has 0 aliphatic carbocycles. The average Bonchev–Trinajstić information content (AvgIpc) is 2.86. The summed E-state index contributed by atoms with van der Waals surface area (Å²) in [5.41, 5.74) is 3.36. The first-order valence-electron chi connectivity index (χ1n) is 12.0. The fraction of sp³-hybridized carbons (Fsp3) is 0.370. The summed E-state index contributed by atoms with van der Waals surface area (Å²) in [5.74, 6) is 1.83. The Kier molecular flexibility index (Phi) is 8.23. The molecule has 0 atom stereocenters. The van der Waals surface area contributed by atoms with E-state index in [0.717, 1.165) is 54.2 Å². The predicted molar refractivity (Wildman–Crippen MR) is 141 cm³/mol. The number of nitrogens with zero attached hydrogens (tertiary/aromatic N) is 4.